The Hall–Kier alpha value is -0.570. The summed E-state index contributed by atoms with van der Waals surface area (Å²) in [7, 11) is 0. The topological polar surface area (TPSA) is 29.5 Å². The lowest BCUT2D eigenvalue weighted by Crippen LogP contribution is -2.46. The molecule has 18 heavy (non-hydrogen) atoms. The van der Waals surface area contributed by atoms with Crippen LogP contribution in [0.25, 0.3) is 0 Å². The third kappa shape index (κ3) is 1.78. The van der Waals surface area contributed by atoms with Crippen molar-refractivity contribution >= 4 is 5.91 Å². The van der Waals surface area contributed by atoms with E-state index in [1.54, 1.807) is 0 Å². The van der Waals surface area contributed by atoms with E-state index < -0.39 is 0 Å². The third-order valence-electron chi connectivity index (χ3n) is 5.36. The van der Waals surface area contributed by atoms with Crippen molar-refractivity contribution in [3.8, 4) is 0 Å². The van der Waals surface area contributed by atoms with Gasteiger partial charge in [-0.2, -0.15) is 0 Å². The highest BCUT2D eigenvalue weighted by Crippen LogP contribution is 2.44. The van der Waals surface area contributed by atoms with Gasteiger partial charge in [0, 0.05) is 12.1 Å². The lowest BCUT2D eigenvalue weighted by molar-refractivity contribution is -0.140. The van der Waals surface area contributed by atoms with E-state index in [2.05, 4.69) is 11.8 Å². The SMILES string of the molecule is C[C@@H](C1CC1)N(C(=O)[C@H]1C[C@H]2CC[C@H]1O2)C1CC1. The second-order valence-corrected chi connectivity index (χ2v) is 6.77. The number of carbonyl (C=O) groups is 1. The molecule has 2 aliphatic heterocycles. The van der Waals surface area contributed by atoms with Crippen LogP contribution in [0.1, 0.15) is 51.9 Å². The van der Waals surface area contributed by atoms with Crippen molar-refractivity contribution < 1.29 is 9.53 Å². The van der Waals surface area contributed by atoms with E-state index in [9.17, 15) is 4.79 Å². The minimum absolute atomic E-state index is 0.186. The first-order valence-electron chi connectivity index (χ1n) is 7.71. The van der Waals surface area contributed by atoms with E-state index >= 15 is 0 Å². The summed E-state index contributed by atoms with van der Waals surface area (Å²) < 4.78 is 5.86. The zero-order valence-electron chi connectivity index (χ0n) is 11.2. The van der Waals surface area contributed by atoms with Crippen molar-refractivity contribution in [3.63, 3.8) is 0 Å². The fraction of sp³-hybridized carbons (Fsp3) is 0.933. The van der Waals surface area contributed by atoms with Crippen LogP contribution in [-0.4, -0.2) is 35.1 Å². The number of carbonyl (C=O) groups excluding carboxylic acids is 1. The Bertz CT molecular complexity index is 362. The zero-order chi connectivity index (χ0) is 12.3. The molecule has 3 heteroatoms. The summed E-state index contributed by atoms with van der Waals surface area (Å²) in [6.45, 7) is 2.27. The minimum Gasteiger partial charge on any atom is -0.374 e. The molecule has 2 heterocycles. The Morgan fingerprint density at radius 2 is 1.94 bits per heavy atom. The smallest absolute Gasteiger partial charge is 0.228 e. The fourth-order valence-corrected chi connectivity index (χ4v) is 3.96. The fourth-order valence-electron chi connectivity index (χ4n) is 3.96. The van der Waals surface area contributed by atoms with Crippen molar-refractivity contribution in [2.75, 3.05) is 0 Å². The first-order valence-corrected chi connectivity index (χ1v) is 7.71. The van der Waals surface area contributed by atoms with Gasteiger partial charge in [-0.05, 0) is 57.8 Å². The summed E-state index contributed by atoms with van der Waals surface area (Å²) in [5.74, 6) is 1.39. The Morgan fingerprint density at radius 1 is 1.17 bits per heavy atom. The van der Waals surface area contributed by atoms with Gasteiger partial charge in [0.05, 0.1) is 18.1 Å². The monoisotopic (exact) mass is 249 g/mol. The molecule has 2 saturated carbocycles. The molecule has 0 aromatic carbocycles. The van der Waals surface area contributed by atoms with Crippen LogP contribution in [0.3, 0.4) is 0 Å². The predicted molar refractivity (Wildman–Crippen MR) is 68.1 cm³/mol. The van der Waals surface area contributed by atoms with E-state index in [1.807, 2.05) is 0 Å². The highest BCUT2D eigenvalue weighted by atomic mass is 16.5. The maximum atomic E-state index is 12.8. The summed E-state index contributed by atoms with van der Waals surface area (Å²) in [5.41, 5.74) is 0. The van der Waals surface area contributed by atoms with Gasteiger partial charge in [0.25, 0.3) is 0 Å². The molecule has 0 aromatic rings. The molecule has 4 aliphatic rings. The van der Waals surface area contributed by atoms with Gasteiger partial charge < -0.3 is 9.64 Å². The molecule has 2 bridgehead atoms. The van der Waals surface area contributed by atoms with Gasteiger partial charge in [0.15, 0.2) is 0 Å². The van der Waals surface area contributed by atoms with E-state index in [4.69, 9.17) is 4.74 Å². The van der Waals surface area contributed by atoms with Crippen molar-refractivity contribution in [3.05, 3.63) is 0 Å². The molecule has 4 rings (SSSR count). The molecule has 4 fully saturated rings. The quantitative estimate of drug-likeness (QED) is 0.765. The van der Waals surface area contributed by atoms with Crippen LogP contribution in [0.15, 0.2) is 0 Å². The maximum absolute atomic E-state index is 12.8. The first kappa shape index (κ1) is 11.3. The molecular weight excluding hydrogens is 226 g/mol. The Kier molecular flexibility index (Phi) is 2.48. The Balaban J connectivity index is 1.50. The van der Waals surface area contributed by atoms with Gasteiger partial charge in [-0.3, -0.25) is 4.79 Å². The first-order chi connectivity index (χ1) is 8.74. The minimum atomic E-state index is 0.186. The van der Waals surface area contributed by atoms with Gasteiger partial charge >= 0.3 is 0 Å². The second-order valence-electron chi connectivity index (χ2n) is 6.77. The Labute approximate surface area is 109 Å². The lowest BCUT2D eigenvalue weighted by Gasteiger charge is -2.33. The maximum Gasteiger partial charge on any atom is 0.228 e. The standard InChI is InChI=1S/C15H23NO2/c1-9(10-2-3-10)16(11-4-5-11)15(17)13-8-12-6-7-14(13)18-12/h9-14H,2-8H2,1H3/t9-,12+,13-,14+/m0/s1. The average molecular weight is 249 g/mol. The van der Waals surface area contributed by atoms with Crippen molar-refractivity contribution in [1.29, 1.82) is 0 Å². The summed E-state index contributed by atoms with van der Waals surface area (Å²) in [6.07, 6.45) is 9.01. The van der Waals surface area contributed by atoms with Crippen LogP contribution >= 0.6 is 0 Å². The van der Waals surface area contributed by atoms with Crippen molar-refractivity contribution in [2.45, 2.75) is 76.2 Å². The molecule has 0 N–H and O–H groups in total. The van der Waals surface area contributed by atoms with Gasteiger partial charge in [-0.25, -0.2) is 0 Å². The van der Waals surface area contributed by atoms with Gasteiger partial charge in [-0.15, -0.1) is 0 Å². The lowest BCUT2D eigenvalue weighted by atomic mass is 9.87. The summed E-state index contributed by atoms with van der Waals surface area (Å²) in [6, 6.07) is 1.04. The zero-order valence-corrected chi connectivity index (χ0v) is 11.2. The largest absolute Gasteiger partial charge is 0.374 e. The van der Waals surface area contributed by atoms with E-state index in [0.717, 1.165) is 18.8 Å². The van der Waals surface area contributed by atoms with Crippen LogP contribution in [0.5, 0.6) is 0 Å². The van der Waals surface area contributed by atoms with Crippen LogP contribution in [0.4, 0.5) is 0 Å². The highest BCUT2D eigenvalue weighted by Gasteiger charge is 2.50. The second kappa shape index (κ2) is 3.96. The van der Waals surface area contributed by atoms with Gasteiger partial charge in [0.2, 0.25) is 5.91 Å². The predicted octanol–water partition coefficient (Wildman–Crippen LogP) is 2.34. The highest BCUT2D eigenvalue weighted by molar-refractivity contribution is 5.81. The Morgan fingerprint density at radius 3 is 2.44 bits per heavy atom. The number of nitrogens with zero attached hydrogens (tertiary/aromatic N) is 1. The number of fused-ring (bicyclic) bond motifs is 2. The molecule has 4 atom stereocenters. The molecule has 2 aliphatic carbocycles. The van der Waals surface area contributed by atoms with Gasteiger partial charge in [-0.1, -0.05) is 0 Å². The molecule has 0 radical (unpaired) electrons. The summed E-state index contributed by atoms with van der Waals surface area (Å²) in [5, 5.41) is 0. The summed E-state index contributed by atoms with van der Waals surface area (Å²) in [4.78, 5) is 15.1. The van der Waals surface area contributed by atoms with Crippen LogP contribution < -0.4 is 0 Å². The number of hydrogen-bond acceptors (Lipinski definition) is 2. The molecule has 0 unspecified atom stereocenters. The average Bonchev–Trinajstić information content (AvgIpc) is 3.29. The third-order valence-corrected chi connectivity index (χ3v) is 5.36. The van der Waals surface area contributed by atoms with E-state index in [-0.39, 0.29) is 12.0 Å². The number of rotatable bonds is 4. The van der Waals surface area contributed by atoms with Crippen LogP contribution in [0, 0.1) is 11.8 Å². The molecule has 0 aromatic heterocycles. The molecular formula is C15H23NO2. The summed E-state index contributed by atoms with van der Waals surface area (Å²) >= 11 is 0. The van der Waals surface area contributed by atoms with Crippen molar-refractivity contribution in [2.24, 2.45) is 11.8 Å². The molecule has 2 saturated heterocycles. The number of ether oxygens (including phenoxy) is 1. The van der Waals surface area contributed by atoms with E-state index in [1.165, 1.54) is 32.1 Å². The molecule has 100 valence electrons. The van der Waals surface area contributed by atoms with Crippen molar-refractivity contribution in [1.82, 2.24) is 4.90 Å². The van der Waals surface area contributed by atoms with Gasteiger partial charge in [0.1, 0.15) is 0 Å². The normalized spacial score (nSPS) is 39.9. The van der Waals surface area contributed by atoms with E-state index in [0.29, 0.717) is 24.1 Å². The molecule has 3 nitrogen and oxygen atoms in total. The molecule has 0 spiro atoms. The van der Waals surface area contributed by atoms with Crippen LogP contribution in [0.2, 0.25) is 0 Å². The number of hydrogen-bond donors (Lipinski definition) is 0. The number of amides is 1. The van der Waals surface area contributed by atoms with Crippen LogP contribution in [-0.2, 0) is 9.53 Å². The molecule has 1 amide bonds.